The standard InChI is InChI=1S/C23H25NO4/c1-15-10-11-20-19(14-27-22(20)16(15)2)12-21(25)28-17(3)23(26)24(4)13-18-8-6-5-7-9-18/h5-11,14,17H,12-13H2,1-4H3/t17-/m0/s1. The number of hydrogen-bond donors (Lipinski definition) is 0. The lowest BCUT2D eigenvalue weighted by molar-refractivity contribution is -0.158. The van der Waals surface area contributed by atoms with Crippen molar-refractivity contribution in [1.29, 1.82) is 0 Å². The Kier molecular flexibility index (Phi) is 5.83. The maximum Gasteiger partial charge on any atom is 0.311 e. The number of aryl methyl sites for hydroxylation is 2. The van der Waals surface area contributed by atoms with E-state index in [2.05, 4.69) is 0 Å². The highest BCUT2D eigenvalue weighted by atomic mass is 16.5. The van der Waals surface area contributed by atoms with Crippen molar-refractivity contribution in [2.24, 2.45) is 0 Å². The zero-order valence-corrected chi connectivity index (χ0v) is 16.7. The molecule has 0 aliphatic rings. The second-order valence-electron chi connectivity index (χ2n) is 7.13. The van der Waals surface area contributed by atoms with Gasteiger partial charge in [-0.3, -0.25) is 9.59 Å². The van der Waals surface area contributed by atoms with Crippen LogP contribution in [0.4, 0.5) is 0 Å². The Balaban J connectivity index is 1.61. The molecule has 0 unspecified atom stereocenters. The Morgan fingerprint density at radius 3 is 2.54 bits per heavy atom. The monoisotopic (exact) mass is 379 g/mol. The highest BCUT2D eigenvalue weighted by Gasteiger charge is 2.22. The third kappa shape index (κ3) is 4.25. The number of benzene rings is 2. The van der Waals surface area contributed by atoms with E-state index in [0.717, 1.165) is 33.2 Å². The van der Waals surface area contributed by atoms with Gasteiger partial charge in [-0.25, -0.2) is 0 Å². The summed E-state index contributed by atoms with van der Waals surface area (Å²) in [6, 6.07) is 13.6. The van der Waals surface area contributed by atoms with Crippen molar-refractivity contribution in [3.63, 3.8) is 0 Å². The first-order chi connectivity index (χ1) is 13.4. The lowest BCUT2D eigenvalue weighted by Gasteiger charge is -2.21. The summed E-state index contributed by atoms with van der Waals surface area (Å²) in [6.45, 7) is 6.08. The molecule has 3 rings (SSSR count). The first kappa shape index (κ1) is 19.7. The lowest BCUT2D eigenvalue weighted by Crippen LogP contribution is -2.37. The molecule has 0 fully saturated rings. The van der Waals surface area contributed by atoms with Crippen LogP contribution in [0.3, 0.4) is 0 Å². The summed E-state index contributed by atoms with van der Waals surface area (Å²) in [7, 11) is 1.70. The van der Waals surface area contributed by atoms with E-state index in [1.807, 2.05) is 56.3 Å². The van der Waals surface area contributed by atoms with Gasteiger partial charge in [-0.15, -0.1) is 0 Å². The second kappa shape index (κ2) is 8.30. The van der Waals surface area contributed by atoms with Gasteiger partial charge in [0.15, 0.2) is 6.10 Å². The molecular formula is C23H25NO4. The Morgan fingerprint density at radius 2 is 1.82 bits per heavy atom. The topological polar surface area (TPSA) is 59.8 Å². The molecule has 2 aromatic carbocycles. The number of carbonyl (C=O) groups is 2. The van der Waals surface area contributed by atoms with Gasteiger partial charge in [0, 0.05) is 24.5 Å². The van der Waals surface area contributed by atoms with E-state index in [-0.39, 0.29) is 12.3 Å². The van der Waals surface area contributed by atoms with Crippen LogP contribution in [-0.2, 0) is 27.3 Å². The molecule has 1 aromatic heterocycles. The van der Waals surface area contributed by atoms with Crippen LogP contribution in [0, 0.1) is 13.8 Å². The van der Waals surface area contributed by atoms with Crippen molar-refractivity contribution in [2.45, 2.75) is 39.8 Å². The minimum absolute atomic E-state index is 0.0650. The van der Waals surface area contributed by atoms with Crippen LogP contribution in [0.15, 0.2) is 53.1 Å². The van der Waals surface area contributed by atoms with Gasteiger partial charge in [0.1, 0.15) is 5.58 Å². The van der Waals surface area contributed by atoms with Crippen LogP contribution in [0.5, 0.6) is 0 Å². The van der Waals surface area contributed by atoms with Crippen LogP contribution < -0.4 is 0 Å². The quantitative estimate of drug-likeness (QED) is 0.603. The molecule has 0 aliphatic carbocycles. The molecule has 146 valence electrons. The number of ether oxygens (including phenoxy) is 1. The Labute approximate surface area is 164 Å². The van der Waals surface area contributed by atoms with Crippen LogP contribution in [0.1, 0.15) is 29.2 Å². The van der Waals surface area contributed by atoms with Crippen molar-refractivity contribution < 1.29 is 18.7 Å². The largest absolute Gasteiger partial charge is 0.464 e. The van der Waals surface area contributed by atoms with Gasteiger partial charge in [-0.2, -0.15) is 0 Å². The molecular weight excluding hydrogens is 354 g/mol. The average molecular weight is 379 g/mol. The summed E-state index contributed by atoms with van der Waals surface area (Å²) in [5.41, 5.74) is 4.77. The minimum Gasteiger partial charge on any atom is -0.464 e. The fourth-order valence-corrected chi connectivity index (χ4v) is 3.22. The molecule has 0 saturated carbocycles. The van der Waals surface area contributed by atoms with Crippen molar-refractivity contribution in [3.8, 4) is 0 Å². The Morgan fingerprint density at radius 1 is 1.11 bits per heavy atom. The molecule has 3 aromatic rings. The number of carbonyl (C=O) groups excluding carboxylic acids is 2. The van der Waals surface area contributed by atoms with Crippen LogP contribution in [0.2, 0.25) is 0 Å². The molecule has 5 heteroatoms. The van der Waals surface area contributed by atoms with Gasteiger partial charge in [-0.1, -0.05) is 42.5 Å². The maximum atomic E-state index is 12.5. The second-order valence-corrected chi connectivity index (χ2v) is 7.13. The van der Waals surface area contributed by atoms with Gasteiger partial charge in [0.2, 0.25) is 0 Å². The van der Waals surface area contributed by atoms with Gasteiger partial charge >= 0.3 is 5.97 Å². The van der Waals surface area contributed by atoms with Crippen molar-refractivity contribution in [3.05, 3.63) is 71.0 Å². The number of hydrogen-bond acceptors (Lipinski definition) is 4. The highest BCUT2D eigenvalue weighted by molar-refractivity contribution is 5.89. The third-order valence-electron chi connectivity index (χ3n) is 4.97. The van der Waals surface area contributed by atoms with Gasteiger partial charge < -0.3 is 14.1 Å². The predicted octanol–water partition coefficient (Wildman–Crippen LogP) is 4.18. The zero-order chi connectivity index (χ0) is 20.3. The molecule has 0 N–H and O–H groups in total. The zero-order valence-electron chi connectivity index (χ0n) is 16.7. The Hall–Kier alpha value is -3.08. The lowest BCUT2D eigenvalue weighted by atomic mass is 10.0. The van der Waals surface area contributed by atoms with Gasteiger partial charge in [-0.05, 0) is 37.5 Å². The number of fused-ring (bicyclic) bond motifs is 1. The fraction of sp³-hybridized carbons (Fsp3) is 0.304. The van der Waals surface area contributed by atoms with E-state index in [1.54, 1.807) is 25.1 Å². The van der Waals surface area contributed by atoms with E-state index in [0.29, 0.717) is 6.54 Å². The molecule has 0 spiro atoms. The molecule has 28 heavy (non-hydrogen) atoms. The molecule has 1 amide bonds. The van der Waals surface area contributed by atoms with Crippen molar-refractivity contribution in [1.82, 2.24) is 4.90 Å². The number of nitrogens with zero attached hydrogens (tertiary/aromatic N) is 1. The normalized spacial score (nSPS) is 12.0. The number of amides is 1. The molecule has 0 aliphatic heterocycles. The van der Waals surface area contributed by atoms with E-state index >= 15 is 0 Å². The smallest absolute Gasteiger partial charge is 0.311 e. The summed E-state index contributed by atoms with van der Waals surface area (Å²) in [6.07, 6.45) is 0.811. The predicted molar refractivity (Wildman–Crippen MR) is 108 cm³/mol. The average Bonchev–Trinajstić information content (AvgIpc) is 3.08. The number of esters is 1. The van der Waals surface area contributed by atoms with Crippen LogP contribution >= 0.6 is 0 Å². The fourth-order valence-electron chi connectivity index (χ4n) is 3.22. The van der Waals surface area contributed by atoms with Gasteiger partial charge in [0.25, 0.3) is 5.91 Å². The third-order valence-corrected chi connectivity index (χ3v) is 4.97. The number of likely N-dealkylation sites (N-methyl/N-ethyl adjacent to an activating group) is 1. The summed E-state index contributed by atoms with van der Waals surface area (Å²) >= 11 is 0. The molecule has 5 nitrogen and oxygen atoms in total. The molecule has 1 atom stereocenters. The summed E-state index contributed by atoms with van der Waals surface area (Å²) in [5.74, 6) is -0.685. The molecule has 0 radical (unpaired) electrons. The van der Waals surface area contributed by atoms with Crippen LogP contribution in [0.25, 0.3) is 11.0 Å². The molecule has 0 bridgehead atoms. The number of furan rings is 1. The van der Waals surface area contributed by atoms with E-state index < -0.39 is 12.1 Å². The molecule has 1 heterocycles. The van der Waals surface area contributed by atoms with E-state index in [4.69, 9.17) is 9.15 Å². The summed E-state index contributed by atoms with van der Waals surface area (Å²) in [5, 5.41) is 0.903. The first-order valence-electron chi connectivity index (χ1n) is 9.31. The summed E-state index contributed by atoms with van der Waals surface area (Å²) in [4.78, 5) is 26.4. The maximum absolute atomic E-state index is 12.5. The SMILES string of the molecule is Cc1ccc2c(CC(=O)O[C@@H](C)C(=O)N(C)Cc3ccccc3)coc2c1C. The van der Waals surface area contributed by atoms with Crippen molar-refractivity contribution >= 4 is 22.8 Å². The minimum atomic E-state index is -0.844. The van der Waals surface area contributed by atoms with E-state index in [1.165, 1.54) is 0 Å². The molecule has 0 saturated heterocycles. The van der Waals surface area contributed by atoms with Crippen molar-refractivity contribution in [2.75, 3.05) is 7.05 Å². The van der Waals surface area contributed by atoms with Crippen LogP contribution in [-0.4, -0.2) is 29.9 Å². The summed E-state index contributed by atoms with van der Waals surface area (Å²) < 4.78 is 11.0. The first-order valence-corrected chi connectivity index (χ1v) is 9.31. The van der Waals surface area contributed by atoms with E-state index in [9.17, 15) is 9.59 Å². The Bertz CT molecular complexity index is 991. The number of rotatable bonds is 6. The van der Waals surface area contributed by atoms with Gasteiger partial charge in [0.05, 0.1) is 12.7 Å². The highest BCUT2D eigenvalue weighted by Crippen LogP contribution is 2.27.